The predicted octanol–water partition coefficient (Wildman–Crippen LogP) is 3.87. The molecule has 0 aliphatic rings. The molecule has 0 saturated carbocycles. The first-order valence-electron chi connectivity index (χ1n) is 6.48. The quantitative estimate of drug-likeness (QED) is 0.518. The Labute approximate surface area is 138 Å². The molecule has 1 heterocycles. The van der Waals surface area contributed by atoms with E-state index < -0.39 is 21.2 Å². The Morgan fingerprint density at radius 1 is 0.917 bits per heavy atom. The summed E-state index contributed by atoms with van der Waals surface area (Å²) >= 11 is 5.80. The predicted molar refractivity (Wildman–Crippen MR) is 83.5 cm³/mol. The third-order valence-corrected chi connectivity index (χ3v) is 3.35. The van der Waals surface area contributed by atoms with Crippen LogP contribution in [0.5, 0.6) is 0 Å². The van der Waals surface area contributed by atoms with Crippen LogP contribution in [-0.2, 0) is 0 Å². The van der Waals surface area contributed by atoms with Crippen molar-refractivity contribution in [1.82, 2.24) is 10.1 Å². The van der Waals surface area contributed by atoms with E-state index in [4.69, 9.17) is 16.1 Å². The van der Waals surface area contributed by atoms with E-state index in [0.29, 0.717) is 10.6 Å². The van der Waals surface area contributed by atoms with E-state index in [-0.39, 0.29) is 17.3 Å². The second-order valence-electron chi connectivity index (χ2n) is 4.68. The molecule has 2 aromatic carbocycles. The molecule has 0 bridgehead atoms. The van der Waals surface area contributed by atoms with Gasteiger partial charge in [-0.1, -0.05) is 16.8 Å². The topological polar surface area (TPSA) is 125 Å². The number of nitro groups is 2. The first-order valence-corrected chi connectivity index (χ1v) is 6.86. The van der Waals surface area contributed by atoms with Crippen LogP contribution in [0.1, 0.15) is 0 Å². The Morgan fingerprint density at radius 3 is 2.04 bits per heavy atom. The molecule has 24 heavy (non-hydrogen) atoms. The summed E-state index contributed by atoms with van der Waals surface area (Å²) in [6, 6.07) is 9.76. The molecule has 3 rings (SSSR count). The van der Waals surface area contributed by atoms with Crippen molar-refractivity contribution >= 4 is 23.0 Å². The van der Waals surface area contributed by atoms with Crippen molar-refractivity contribution in [2.45, 2.75) is 0 Å². The van der Waals surface area contributed by atoms with Crippen molar-refractivity contribution in [3.05, 3.63) is 67.7 Å². The van der Waals surface area contributed by atoms with Crippen molar-refractivity contribution in [2.24, 2.45) is 0 Å². The van der Waals surface area contributed by atoms with E-state index in [0.717, 1.165) is 18.2 Å². The molecule has 0 radical (unpaired) electrons. The minimum Gasteiger partial charge on any atom is -0.334 e. The lowest BCUT2D eigenvalue weighted by molar-refractivity contribution is -0.394. The first-order chi connectivity index (χ1) is 11.4. The molecular weight excluding hydrogens is 340 g/mol. The summed E-state index contributed by atoms with van der Waals surface area (Å²) in [6.45, 7) is 0. The Kier molecular flexibility index (Phi) is 3.92. The van der Waals surface area contributed by atoms with Crippen LogP contribution < -0.4 is 0 Å². The average Bonchev–Trinajstić information content (AvgIpc) is 3.05. The molecule has 1 aromatic heterocycles. The lowest BCUT2D eigenvalue weighted by atomic mass is 10.1. The normalized spacial score (nSPS) is 10.5. The van der Waals surface area contributed by atoms with E-state index >= 15 is 0 Å². The van der Waals surface area contributed by atoms with Crippen LogP contribution in [0.2, 0.25) is 5.02 Å². The number of hydrogen-bond donors (Lipinski definition) is 0. The molecule has 10 heteroatoms. The molecule has 3 aromatic rings. The van der Waals surface area contributed by atoms with Gasteiger partial charge >= 0.3 is 0 Å². The molecule has 0 aliphatic carbocycles. The van der Waals surface area contributed by atoms with Gasteiger partial charge in [0.2, 0.25) is 5.82 Å². The Morgan fingerprint density at radius 2 is 1.50 bits per heavy atom. The van der Waals surface area contributed by atoms with Crippen molar-refractivity contribution < 1.29 is 14.4 Å². The molecule has 9 nitrogen and oxygen atoms in total. The molecule has 0 amide bonds. The van der Waals surface area contributed by atoms with Gasteiger partial charge in [-0.05, 0) is 24.3 Å². The fourth-order valence-electron chi connectivity index (χ4n) is 1.99. The summed E-state index contributed by atoms with van der Waals surface area (Å²) in [5.74, 6) is 0.169. The SMILES string of the molecule is O=[N+]([O-])c1cc(-c2nc(-c3ccc(Cl)cc3)no2)cc([N+](=O)[O-])c1. The second-order valence-corrected chi connectivity index (χ2v) is 5.12. The van der Waals surface area contributed by atoms with Gasteiger partial charge in [0.05, 0.1) is 21.5 Å². The van der Waals surface area contributed by atoms with Crippen LogP contribution in [0.4, 0.5) is 11.4 Å². The highest BCUT2D eigenvalue weighted by molar-refractivity contribution is 6.30. The van der Waals surface area contributed by atoms with Gasteiger partial charge in [0.15, 0.2) is 0 Å². The van der Waals surface area contributed by atoms with E-state index in [2.05, 4.69) is 10.1 Å². The number of rotatable bonds is 4. The molecule has 0 saturated heterocycles. The molecule has 0 spiro atoms. The van der Waals surface area contributed by atoms with E-state index in [9.17, 15) is 20.2 Å². The third kappa shape index (κ3) is 3.06. The fraction of sp³-hybridized carbons (Fsp3) is 0. The summed E-state index contributed by atoms with van der Waals surface area (Å²) in [5.41, 5.74) is -0.172. The highest BCUT2D eigenvalue weighted by Crippen LogP contribution is 2.30. The maximum atomic E-state index is 10.9. The minimum absolute atomic E-state index is 0.0632. The van der Waals surface area contributed by atoms with Gasteiger partial charge in [-0.2, -0.15) is 4.98 Å². The third-order valence-electron chi connectivity index (χ3n) is 3.10. The number of aromatic nitrogens is 2. The number of halogens is 1. The number of benzene rings is 2. The van der Waals surface area contributed by atoms with Crippen molar-refractivity contribution in [3.8, 4) is 22.8 Å². The minimum atomic E-state index is -0.729. The highest BCUT2D eigenvalue weighted by Gasteiger charge is 2.20. The van der Waals surface area contributed by atoms with Gasteiger partial charge in [-0.25, -0.2) is 0 Å². The van der Waals surface area contributed by atoms with Crippen LogP contribution in [0.3, 0.4) is 0 Å². The molecule has 0 atom stereocenters. The number of nitro benzene ring substituents is 2. The summed E-state index contributed by atoms with van der Waals surface area (Å²) in [6.07, 6.45) is 0. The molecule has 0 aliphatic heterocycles. The zero-order valence-electron chi connectivity index (χ0n) is 11.7. The van der Waals surface area contributed by atoms with Crippen molar-refractivity contribution in [3.63, 3.8) is 0 Å². The van der Waals surface area contributed by atoms with Gasteiger partial charge < -0.3 is 4.52 Å². The van der Waals surface area contributed by atoms with Crippen LogP contribution in [0, 0.1) is 20.2 Å². The van der Waals surface area contributed by atoms with Gasteiger partial charge in [-0.3, -0.25) is 20.2 Å². The maximum absolute atomic E-state index is 10.9. The number of non-ortho nitro benzene ring substituents is 2. The summed E-state index contributed by atoms with van der Waals surface area (Å²) in [7, 11) is 0. The molecule has 120 valence electrons. The Hall–Kier alpha value is -3.33. The Balaban J connectivity index is 2.04. The van der Waals surface area contributed by atoms with Crippen LogP contribution in [0.15, 0.2) is 47.0 Å². The van der Waals surface area contributed by atoms with Gasteiger partial charge in [0.1, 0.15) is 0 Å². The Bertz CT molecular complexity index is 906. The first kappa shape index (κ1) is 15.6. The van der Waals surface area contributed by atoms with Crippen LogP contribution in [0.25, 0.3) is 22.8 Å². The van der Waals surface area contributed by atoms with E-state index in [1.54, 1.807) is 24.3 Å². The van der Waals surface area contributed by atoms with E-state index in [1.807, 2.05) is 0 Å². The molecule has 0 fully saturated rings. The average molecular weight is 347 g/mol. The molecular formula is C14H7ClN4O5. The molecule has 0 unspecified atom stereocenters. The number of nitrogens with zero attached hydrogens (tertiary/aromatic N) is 4. The summed E-state index contributed by atoms with van der Waals surface area (Å²) < 4.78 is 5.07. The van der Waals surface area contributed by atoms with Crippen molar-refractivity contribution in [1.29, 1.82) is 0 Å². The second kappa shape index (κ2) is 6.05. The number of hydrogen-bond acceptors (Lipinski definition) is 7. The summed E-state index contributed by atoms with van der Waals surface area (Å²) in [4.78, 5) is 24.5. The standard InChI is InChI=1S/C14H7ClN4O5/c15-10-3-1-8(2-4-10)13-16-14(24-17-13)9-5-11(18(20)21)7-12(6-9)19(22)23/h1-7H. The zero-order valence-corrected chi connectivity index (χ0v) is 12.5. The fourth-order valence-corrected chi connectivity index (χ4v) is 2.11. The van der Waals surface area contributed by atoms with Crippen LogP contribution >= 0.6 is 11.6 Å². The monoisotopic (exact) mass is 346 g/mol. The van der Waals surface area contributed by atoms with Gasteiger partial charge in [0.25, 0.3) is 17.3 Å². The van der Waals surface area contributed by atoms with Crippen molar-refractivity contribution in [2.75, 3.05) is 0 Å². The summed E-state index contributed by atoms with van der Waals surface area (Å²) in [5, 5.41) is 26.2. The smallest absolute Gasteiger partial charge is 0.277 e. The van der Waals surface area contributed by atoms with E-state index in [1.165, 1.54) is 0 Å². The highest BCUT2D eigenvalue weighted by atomic mass is 35.5. The lowest BCUT2D eigenvalue weighted by Crippen LogP contribution is -1.94. The largest absolute Gasteiger partial charge is 0.334 e. The van der Waals surface area contributed by atoms with Gasteiger partial charge in [0, 0.05) is 22.7 Å². The van der Waals surface area contributed by atoms with Gasteiger partial charge in [-0.15, -0.1) is 0 Å². The lowest BCUT2D eigenvalue weighted by Gasteiger charge is -1.97. The van der Waals surface area contributed by atoms with Crippen LogP contribution in [-0.4, -0.2) is 20.0 Å². The maximum Gasteiger partial charge on any atom is 0.277 e. The zero-order chi connectivity index (χ0) is 17.3. The molecule has 0 N–H and O–H groups in total.